The SMILES string of the molecule is CN(Cc1ccc(=O)n(C)c1)C1CN(c2ccc3nncn3n2)C1. The van der Waals surface area contributed by atoms with Crippen molar-refractivity contribution in [2.24, 2.45) is 7.05 Å². The molecule has 8 nitrogen and oxygen atoms in total. The lowest BCUT2D eigenvalue weighted by Crippen LogP contribution is -2.58. The zero-order valence-corrected chi connectivity index (χ0v) is 13.7. The molecule has 124 valence electrons. The van der Waals surface area contributed by atoms with Gasteiger partial charge in [0.1, 0.15) is 12.1 Å². The fourth-order valence-electron chi connectivity index (χ4n) is 2.97. The first-order valence-corrected chi connectivity index (χ1v) is 7.88. The number of aryl methyl sites for hydroxylation is 1. The minimum atomic E-state index is 0.0201. The Labute approximate surface area is 138 Å². The summed E-state index contributed by atoms with van der Waals surface area (Å²) < 4.78 is 3.31. The van der Waals surface area contributed by atoms with E-state index in [2.05, 4.69) is 32.1 Å². The molecule has 3 aromatic heterocycles. The molecule has 0 unspecified atom stereocenters. The van der Waals surface area contributed by atoms with E-state index in [-0.39, 0.29) is 5.56 Å². The quantitative estimate of drug-likeness (QED) is 0.680. The Morgan fingerprint density at radius 2 is 2.08 bits per heavy atom. The van der Waals surface area contributed by atoms with Crippen LogP contribution in [0.25, 0.3) is 5.65 Å². The van der Waals surface area contributed by atoms with Crippen LogP contribution in [0.5, 0.6) is 0 Å². The van der Waals surface area contributed by atoms with Crippen LogP contribution in [0.2, 0.25) is 0 Å². The highest BCUT2D eigenvalue weighted by Crippen LogP contribution is 2.22. The van der Waals surface area contributed by atoms with Crippen molar-refractivity contribution in [2.75, 3.05) is 25.0 Å². The molecule has 4 rings (SSSR count). The van der Waals surface area contributed by atoms with E-state index in [0.29, 0.717) is 6.04 Å². The number of anilines is 1. The molecule has 4 heterocycles. The van der Waals surface area contributed by atoms with E-state index in [1.165, 1.54) is 0 Å². The number of hydrogen-bond acceptors (Lipinski definition) is 6. The van der Waals surface area contributed by atoms with Crippen LogP contribution < -0.4 is 10.5 Å². The van der Waals surface area contributed by atoms with Crippen LogP contribution in [0.3, 0.4) is 0 Å². The highest BCUT2D eigenvalue weighted by Gasteiger charge is 2.31. The summed E-state index contributed by atoms with van der Waals surface area (Å²) in [6.45, 7) is 2.69. The minimum absolute atomic E-state index is 0.0201. The van der Waals surface area contributed by atoms with E-state index in [9.17, 15) is 4.79 Å². The van der Waals surface area contributed by atoms with E-state index in [0.717, 1.165) is 36.7 Å². The van der Waals surface area contributed by atoms with Gasteiger partial charge >= 0.3 is 0 Å². The zero-order valence-electron chi connectivity index (χ0n) is 13.7. The van der Waals surface area contributed by atoms with Crippen molar-refractivity contribution in [1.29, 1.82) is 0 Å². The fourth-order valence-corrected chi connectivity index (χ4v) is 2.97. The van der Waals surface area contributed by atoms with Crippen molar-refractivity contribution in [2.45, 2.75) is 12.6 Å². The number of nitrogens with zero attached hydrogens (tertiary/aromatic N) is 7. The first-order chi connectivity index (χ1) is 11.6. The normalized spacial score (nSPS) is 15.2. The average Bonchev–Trinajstić information content (AvgIpc) is 2.97. The number of pyridine rings is 1. The van der Waals surface area contributed by atoms with Gasteiger partial charge in [0.2, 0.25) is 5.56 Å². The number of likely N-dealkylation sites (N-methyl/N-ethyl adjacent to an activating group) is 1. The summed E-state index contributed by atoms with van der Waals surface area (Å²) in [6.07, 6.45) is 3.51. The molecule has 0 N–H and O–H groups in total. The summed E-state index contributed by atoms with van der Waals surface area (Å²) in [5.74, 6) is 0.939. The maximum atomic E-state index is 11.5. The monoisotopic (exact) mass is 325 g/mol. The summed E-state index contributed by atoms with van der Waals surface area (Å²) >= 11 is 0. The Bertz CT molecular complexity index is 925. The molecule has 0 atom stereocenters. The molecule has 1 aliphatic heterocycles. The third kappa shape index (κ3) is 2.65. The number of aromatic nitrogens is 5. The van der Waals surface area contributed by atoms with Gasteiger partial charge in [-0.25, -0.2) is 0 Å². The topological polar surface area (TPSA) is 71.6 Å². The van der Waals surface area contributed by atoms with Gasteiger partial charge in [0.15, 0.2) is 5.65 Å². The van der Waals surface area contributed by atoms with Crippen LogP contribution in [0.4, 0.5) is 5.82 Å². The molecule has 1 fully saturated rings. The van der Waals surface area contributed by atoms with Crippen molar-refractivity contribution in [1.82, 2.24) is 29.3 Å². The van der Waals surface area contributed by atoms with Crippen LogP contribution in [0.15, 0.2) is 41.6 Å². The lowest BCUT2D eigenvalue weighted by molar-refractivity contribution is 0.196. The second kappa shape index (κ2) is 5.72. The van der Waals surface area contributed by atoms with Crippen molar-refractivity contribution in [3.8, 4) is 0 Å². The van der Waals surface area contributed by atoms with E-state index in [4.69, 9.17) is 0 Å². The van der Waals surface area contributed by atoms with Crippen molar-refractivity contribution < 1.29 is 0 Å². The van der Waals surface area contributed by atoms with Gasteiger partial charge in [-0.05, 0) is 24.7 Å². The Kier molecular flexibility index (Phi) is 3.53. The molecule has 0 aliphatic carbocycles. The van der Waals surface area contributed by atoms with Crippen LogP contribution in [-0.4, -0.2) is 55.5 Å². The predicted octanol–water partition coefficient (Wildman–Crippen LogP) is 0.144. The van der Waals surface area contributed by atoms with Gasteiger partial charge in [-0.15, -0.1) is 15.3 Å². The van der Waals surface area contributed by atoms with Gasteiger partial charge in [0.25, 0.3) is 0 Å². The largest absolute Gasteiger partial charge is 0.352 e. The van der Waals surface area contributed by atoms with Gasteiger partial charge in [0.05, 0.1) is 0 Å². The summed E-state index contributed by atoms with van der Waals surface area (Å²) in [4.78, 5) is 16.0. The van der Waals surface area contributed by atoms with E-state index >= 15 is 0 Å². The van der Waals surface area contributed by atoms with Crippen molar-refractivity contribution in [3.05, 3.63) is 52.7 Å². The molecule has 1 saturated heterocycles. The lowest BCUT2D eigenvalue weighted by Gasteiger charge is -2.44. The Balaban J connectivity index is 1.39. The standard InChI is InChI=1S/C16H19N7O/c1-20(7-12-3-6-16(24)21(2)8-12)13-9-22(10-13)15-5-4-14-18-17-11-23(14)19-15/h3-6,8,11,13H,7,9-10H2,1-2H3. The number of fused-ring (bicyclic) bond motifs is 1. The summed E-state index contributed by atoms with van der Waals surface area (Å²) in [5, 5.41) is 12.3. The molecule has 24 heavy (non-hydrogen) atoms. The lowest BCUT2D eigenvalue weighted by atomic mass is 10.1. The molecule has 0 spiro atoms. The van der Waals surface area contributed by atoms with Gasteiger partial charge in [-0.2, -0.15) is 4.52 Å². The van der Waals surface area contributed by atoms with E-state index < -0.39 is 0 Å². The van der Waals surface area contributed by atoms with E-state index in [1.807, 2.05) is 24.4 Å². The Morgan fingerprint density at radius 1 is 1.25 bits per heavy atom. The van der Waals surface area contributed by atoms with Gasteiger partial charge in [-0.1, -0.05) is 6.07 Å². The highest BCUT2D eigenvalue weighted by atomic mass is 16.1. The number of rotatable bonds is 4. The maximum Gasteiger partial charge on any atom is 0.250 e. The molecule has 0 amide bonds. The summed E-state index contributed by atoms with van der Waals surface area (Å²) in [5.41, 5.74) is 1.91. The van der Waals surface area contributed by atoms with Crippen LogP contribution >= 0.6 is 0 Å². The average molecular weight is 325 g/mol. The molecular formula is C16H19N7O. The predicted molar refractivity (Wildman–Crippen MR) is 89.9 cm³/mol. The third-order valence-corrected chi connectivity index (χ3v) is 4.54. The molecule has 0 saturated carbocycles. The van der Waals surface area contributed by atoms with Crippen LogP contribution in [0, 0.1) is 0 Å². The molecule has 0 bridgehead atoms. The number of hydrogen-bond donors (Lipinski definition) is 0. The molecule has 1 aliphatic rings. The van der Waals surface area contributed by atoms with E-state index in [1.54, 1.807) is 28.5 Å². The van der Waals surface area contributed by atoms with Crippen molar-refractivity contribution >= 4 is 11.5 Å². The Hall–Kier alpha value is -2.74. The highest BCUT2D eigenvalue weighted by molar-refractivity contribution is 5.47. The molecular weight excluding hydrogens is 306 g/mol. The second-order valence-corrected chi connectivity index (χ2v) is 6.29. The second-order valence-electron chi connectivity index (χ2n) is 6.29. The first-order valence-electron chi connectivity index (χ1n) is 7.88. The fraction of sp³-hybridized carbons (Fsp3) is 0.375. The van der Waals surface area contributed by atoms with Crippen LogP contribution in [-0.2, 0) is 13.6 Å². The minimum Gasteiger partial charge on any atom is -0.352 e. The maximum absolute atomic E-state index is 11.5. The smallest absolute Gasteiger partial charge is 0.250 e. The summed E-state index contributed by atoms with van der Waals surface area (Å²) in [7, 11) is 3.90. The molecule has 8 heteroatoms. The molecule has 3 aromatic rings. The van der Waals surface area contributed by atoms with Gasteiger partial charge in [0, 0.05) is 45.0 Å². The van der Waals surface area contributed by atoms with Crippen LogP contribution in [0.1, 0.15) is 5.56 Å². The van der Waals surface area contributed by atoms with Gasteiger partial charge < -0.3 is 9.47 Å². The molecule has 0 radical (unpaired) electrons. The third-order valence-electron chi connectivity index (χ3n) is 4.54. The van der Waals surface area contributed by atoms with Crippen molar-refractivity contribution in [3.63, 3.8) is 0 Å². The molecule has 0 aromatic carbocycles. The summed E-state index contributed by atoms with van der Waals surface area (Å²) in [6, 6.07) is 7.90. The zero-order chi connectivity index (χ0) is 16.7. The van der Waals surface area contributed by atoms with Gasteiger partial charge in [-0.3, -0.25) is 9.69 Å². The Morgan fingerprint density at radius 3 is 2.88 bits per heavy atom. The first kappa shape index (κ1) is 14.8.